The molecule has 1 amide bonds. The monoisotopic (exact) mass is 649 g/mol. The molecule has 0 saturated carbocycles. The highest BCUT2D eigenvalue weighted by molar-refractivity contribution is 6.35. The van der Waals surface area contributed by atoms with E-state index in [2.05, 4.69) is 16.0 Å². The number of hydrogen-bond acceptors (Lipinski definition) is 9. The summed E-state index contributed by atoms with van der Waals surface area (Å²) >= 11 is 6.90. The number of methoxy groups -OCH3 is 2. The third kappa shape index (κ3) is 6.79. The molecule has 4 aromatic rings. The number of rotatable bonds is 8. The molecule has 0 unspecified atom stereocenters. The Kier molecular flexibility index (Phi) is 9.82. The summed E-state index contributed by atoms with van der Waals surface area (Å²) in [5, 5.41) is 12.0. The molecule has 1 atom stereocenters. The van der Waals surface area contributed by atoms with Crippen LogP contribution in [0.25, 0.3) is 32.8 Å². The van der Waals surface area contributed by atoms with Gasteiger partial charge < -0.3 is 28.7 Å². The maximum Gasteiger partial charge on any atom is 0.410 e. The predicted molar refractivity (Wildman–Crippen MR) is 175 cm³/mol. The van der Waals surface area contributed by atoms with Crippen molar-refractivity contribution in [3.05, 3.63) is 58.9 Å². The van der Waals surface area contributed by atoms with Crippen molar-refractivity contribution < 1.29 is 28.1 Å². The standard InChI is InChI=1S/C34H37ClFN5O5/c1-20-9-7-10-21-11-8-12-23(27(20)21)28-25(35)17-24-30(29(28)36)38-32(45-19-26(43-5)44-6)39-31(24)40-15-16-41(22(18-40)13-14-37)33(42)46-34(2,3)4/h7-12,17,22,26H,13,15-16,18-19H2,1-6H3/t22-/m0/s1. The van der Waals surface area contributed by atoms with E-state index in [1.807, 2.05) is 48.2 Å². The van der Waals surface area contributed by atoms with Gasteiger partial charge in [-0.15, -0.1) is 0 Å². The molecule has 0 N–H and O–H groups in total. The second-order valence-corrected chi connectivity index (χ2v) is 12.5. The van der Waals surface area contributed by atoms with E-state index in [1.54, 1.807) is 31.7 Å². The van der Waals surface area contributed by atoms with Gasteiger partial charge in [-0.05, 0) is 55.7 Å². The molecule has 242 valence electrons. The summed E-state index contributed by atoms with van der Waals surface area (Å²) in [6, 6.07) is 14.8. The summed E-state index contributed by atoms with van der Waals surface area (Å²) in [6.07, 6.45) is -1.15. The topological polar surface area (TPSA) is 110 Å². The van der Waals surface area contributed by atoms with E-state index in [0.29, 0.717) is 23.3 Å². The van der Waals surface area contributed by atoms with E-state index in [-0.39, 0.29) is 48.2 Å². The first-order valence-electron chi connectivity index (χ1n) is 14.9. The first-order chi connectivity index (χ1) is 21.9. The van der Waals surface area contributed by atoms with Crippen molar-refractivity contribution in [2.45, 2.75) is 52.0 Å². The highest BCUT2D eigenvalue weighted by Gasteiger charge is 2.35. The van der Waals surface area contributed by atoms with Crippen molar-refractivity contribution in [2.75, 3.05) is 45.4 Å². The summed E-state index contributed by atoms with van der Waals surface area (Å²) in [5.74, 6) is -0.262. The molecule has 2 heterocycles. The maximum atomic E-state index is 16.8. The molecule has 0 radical (unpaired) electrons. The number of anilines is 1. The van der Waals surface area contributed by atoms with Crippen LogP contribution in [0.4, 0.5) is 15.0 Å². The molecule has 10 nitrogen and oxygen atoms in total. The molecule has 12 heteroatoms. The third-order valence-electron chi connectivity index (χ3n) is 7.84. The van der Waals surface area contributed by atoms with Gasteiger partial charge in [0.1, 0.15) is 23.5 Å². The van der Waals surface area contributed by atoms with Crippen molar-refractivity contribution in [1.29, 1.82) is 5.26 Å². The first-order valence-corrected chi connectivity index (χ1v) is 15.3. The number of benzene rings is 3. The zero-order chi connectivity index (χ0) is 33.2. The predicted octanol–water partition coefficient (Wildman–Crippen LogP) is 6.89. The molecule has 46 heavy (non-hydrogen) atoms. The lowest BCUT2D eigenvalue weighted by molar-refractivity contribution is -0.123. The number of ether oxygens (including phenoxy) is 4. The summed E-state index contributed by atoms with van der Waals surface area (Å²) in [7, 11) is 2.95. The van der Waals surface area contributed by atoms with Crippen LogP contribution in [0.1, 0.15) is 32.8 Å². The van der Waals surface area contributed by atoms with Crippen LogP contribution in [-0.2, 0) is 14.2 Å². The Hall–Kier alpha value is -4.24. The van der Waals surface area contributed by atoms with Crippen molar-refractivity contribution in [1.82, 2.24) is 14.9 Å². The van der Waals surface area contributed by atoms with E-state index in [0.717, 1.165) is 16.3 Å². The number of amides is 1. The lowest BCUT2D eigenvalue weighted by atomic mass is 9.94. The van der Waals surface area contributed by atoms with Gasteiger partial charge in [0.25, 0.3) is 0 Å². The Balaban J connectivity index is 1.64. The Bertz CT molecular complexity index is 1800. The van der Waals surface area contributed by atoms with Gasteiger partial charge in [-0.3, -0.25) is 0 Å². The van der Waals surface area contributed by atoms with Crippen molar-refractivity contribution in [3.63, 3.8) is 0 Å². The fourth-order valence-electron chi connectivity index (χ4n) is 5.71. The van der Waals surface area contributed by atoms with Gasteiger partial charge in [-0.2, -0.15) is 15.2 Å². The van der Waals surface area contributed by atoms with Gasteiger partial charge in [-0.1, -0.05) is 48.0 Å². The number of nitrogens with zero attached hydrogens (tertiary/aromatic N) is 5. The van der Waals surface area contributed by atoms with Crippen molar-refractivity contribution in [3.8, 4) is 23.2 Å². The summed E-state index contributed by atoms with van der Waals surface area (Å²) in [6.45, 7) is 8.11. The fourth-order valence-corrected chi connectivity index (χ4v) is 6.01. The molecule has 1 saturated heterocycles. The van der Waals surface area contributed by atoms with Crippen LogP contribution in [0.3, 0.4) is 0 Å². The quantitative estimate of drug-likeness (QED) is 0.189. The molecule has 0 bridgehead atoms. The first kappa shape index (κ1) is 33.1. The van der Waals surface area contributed by atoms with E-state index >= 15 is 4.39 Å². The number of fused-ring (bicyclic) bond motifs is 2. The molecular weight excluding hydrogens is 613 g/mol. The molecule has 1 aliphatic heterocycles. The van der Waals surface area contributed by atoms with Crippen LogP contribution in [0.5, 0.6) is 6.01 Å². The second-order valence-electron chi connectivity index (χ2n) is 12.1. The van der Waals surface area contributed by atoms with Gasteiger partial charge in [0.05, 0.1) is 23.6 Å². The number of aryl methyl sites for hydroxylation is 1. The number of halogens is 2. The number of nitriles is 1. The van der Waals surface area contributed by atoms with E-state index < -0.39 is 29.8 Å². The van der Waals surface area contributed by atoms with Crippen LogP contribution in [0.2, 0.25) is 5.02 Å². The van der Waals surface area contributed by atoms with Crippen LogP contribution in [0, 0.1) is 24.1 Å². The lowest BCUT2D eigenvalue weighted by Crippen LogP contribution is -2.56. The molecule has 1 aromatic heterocycles. The zero-order valence-corrected chi connectivity index (χ0v) is 27.5. The van der Waals surface area contributed by atoms with Crippen LogP contribution in [-0.4, -0.2) is 79.4 Å². The van der Waals surface area contributed by atoms with E-state index in [4.69, 9.17) is 30.5 Å². The van der Waals surface area contributed by atoms with Gasteiger partial charge in [-0.25, -0.2) is 9.18 Å². The van der Waals surface area contributed by atoms with Crippen LogP contribution < -0.4 is 9.64 Å². The molecule has 5 rings (SSSR count). The third-order valence-corrected chi connectivity index (χ3v) is 8.13. The molecule has 1 aliphatic rings. The molecular formula is C34H37ClFN5O5. The minimum Gasteiger partial charge on any atom is -0.458 e. The van der Waals surface area contributed by atoms with Gasteiger partial charge >= 0.3 is 12.1 Å². The van der Waals surface area contributed by atoms with Crippen LogP contribution in [0.15, 0.2) is 42.5 Å². The maximum absolute atomic E-state index is 16.8. The average molecular weight is 650 g/mol. The normalized spacial score (nSPS) is 15.4. The highest BCUT2D eigenvalue weighted by atomic mass is 35.5. The Morgan fingerprint density at radius 1 is 1.15 bits per heavy atom. The number of piperazine rings is 1. The Morgan fingerprint density at radius 3 is 2.54 bits per heavy atom. The summed E-state index contributed by atoms with van der Waals surface area (Å²) in [5.41, 5.74) is 1.16. The number of carbonyl (C=O) groups is 1. The smallest absolute Gasteiger partial charge is 0.410 e. The molecule has 1 fully saturated rings. The van der Waals surface area contributed by atoms with E-state index in [1.165, 1.54) is 14.2 Å². The molecule has 0 aliphatic carbocycles. The minimum atomic E-state index is -0.704. The fraction of sp³-hybridized carbons (Fsp3) is 0.412. The van der Waals surface area contributed by atoms with Gasteiger partial charge in [0.2, 0.25) is 0 Å². The summed E-state index contributed by atoms with van der Waals surface area (Å²) in [4.78, 5) is 25.7. The second kappa shape index (κ2) is 13.6. The zero-order valence-electron chi connectivity index (χ0n) is 26.8. The van der Waals surface area contributed by atoms with Crippen molar-refractivity contribution >= 4 is 45.2 Å². The van der Waals surface area contributed by atoms with Crippen molar-refractivity contribution in [2.24, 2.45) is 0 Å². The average Bonchev–Trinajstić information content (AvgIpc) is 3.01. The minimum absolute atomic E-state index is 0.0165. The molecule has 3 aromatic carbocycles. The summed E-state index contributed by atoms with van der Waals surface area (Å²) < 4.78 is 38.8. The lowest BCUT2D eigenvalue weighted by Gasteiger charge is -2.41. The van der Waals surface area contributed by atoms with Crippen LogP contribution >= 0.6 is 11.6 Å². The Morgan fingerprint density at radius 2 is 1.87 bits per heavy atom. The SMILES string of the molecule is COC(COc1nc(N2CCN(C(=O)OC(C)(C)C)[C@@H](CC#N)C2)c2cc(Cl)c(-c3cccc4cccc(C)c34)c(F)c2n1)OC. The van der Waals surface area contributed by atoms with Gasteiger partial charge in [0, 0.05) is 44.8 Å². The largest absolute Gasteiger partial charge is 0.458 e. The number of hydrogen-bond donors (Lipinski definition) is 0. The Labute approximate surface area is 272 Å². The van der Waals surface area contributed by atoms with E-state index in [9.17, 15) is 10.1 Å². The molecule has 0 spiro atoms. The number of aromatic nitrogens is 2. The highest BCUT2D eigenvalue weighted by Crippen LogP contribution is 2.42. The number of carbonyl (C=O) groups excluding carboxylic acids is 1. The van der Waals surface area contributed by atoms with Gasteiger partial charge in [0.15, 0.2) is 12.1 Å².